The van der Waals surface area contributed by atoms with Gasteiger partial charge < -0.3 is 4.57 Å². The maximum atomic E-state index is 5.98. The molecule has 0 spiro atoms. The Morgan fingerprint density at radius 1 is 1.36 bits per heavy atom. The van der Waals surface area contributed by atoms with E-state index >= 15 is 0 Å². The lowest BCUT2D eigenvalue weighted by molar-refractivity contribution is 0.581. The Hall–Kier alpha value is -0.580. The van der Waals surface area contributed by atoms with Crippen molar-refractivity contribution in [2.24, 2.45) is 0 Å². The van der Waals surface area contributed by atoms with Crippen molar-refractivity contribution in [2.45, 2.75) is 42.1 Å². The summed E-state index contributed by atoms with van der Waals surface area (Å²) in [5.41, 5.74) is 1.37. The molecule has 2 aromatic rings. The first-order valence-electron chi connectivity index (χ1n) is 7.67. The molecule has 3 rings (SSSR count). The van der Waals surface area contributed by atoms with E-state index in [-0.39, 0.29) is 4.08 Å². The molecule has 2 nitrogen and oxygen atoms in total. The van der Waals surface area contributed by atoms with Gasteiger partial charge in [-0.1, -0.05) is 30.7 Å². The van der Waals surface area contributed by atoms with Crippen LogP contribution < -0.4 is 0 Å². The number of thioether (sulfide) groups is 2. The van der Waals surface area contributed by atoms with Crippen LogP contribution in [0.4, 0.5) is 0 Å². The van der Waals surface area contributed by atoms with Crippen LogP contribution in [0.2, 0.25) is 5.02 Å². The Morgan fingerprint density at radius 2 is 2.18 bits per heavy atom. The van der Waals surface area contributed by atoms with Crippen molar-refractivity contribution >= 4 is 35.1 Å². The molecular weight excluding hydrogens is 332 g/mol. The van der Waals surface area contributed by atoms with Crippen LogP contribution in [0.25, 0.3) is 0 Å². The normalized spacial score (nSPS) is 25.3. The fourth-order valence-corrected chi connectivity index (χ4v) is 6.84. The molecule has 1 fully saturated rings. The van der Waals surface area contributed by atoms with Gasteiger partial charge in [0.25, 0.3) is 0 Å². The minimum Gasteiger partial charge on any atom is -0.335 e. The lowest BCUT2D eigenvalue weighted by atomic mass is 10.1. The molecule has 118 valence electrons. The average Bonchev–Trinajstić information content (AvgIpc) is 2.99. The number of nitrogens with zero attached hydrogens (tertiary/aromatic N) is 2. The van der Waals surface area contributed by atoms with Crippen molar-refractivity contribution in [1.29, 1.82) is 0 Å². The van der Waals surface area contributed by atoms with E-state index in [9.17, 15) is 0 Å². The van der Waals surface area contributed by atoms with Crippen LogP contribution in [0, 0.1) is 0 Å². The lowest BCUT2D eigenvalue weighted by Crippen LogP contribution is -2.33. The molecule has 2 heterocycles. The van der Waals surface area contributed by atoms with E-state index in [2.05, 4.69) is 58.3 Å². The van der Waals surface area contributed by atoms with Gasteiger partial charge in [-0.3, -0.25) is 0 Å². The zero-order valence-corrected chi connectivity index (χ0v) is 15.1. The van der Waals surface area contributed by atoms with Crippen LogP contribution in [0.1, 0.15) is 25.3 Å². The van der Waals surface area contributed by atoms with Gasteiger partial charge in [-0.05, 0) is 42.7 Å². The first-order chi connectivity index (χ1) is 10.7. The highest BCUT2D eigenvalue weighted by atomic mass is 35.5. The highest BCUT2D eigenvalue weighted by molar-refractivity contribution is 8.19. The maximum Gasteiger partial charge on any atom is 0.0946 e. The van der Waals surface area contributed by atoms with Gasteiger partial charge >= 0.3 is 0 Å². The summed E-state index contributed by atoms with van der Waals surface area (Å²) in [4.78, 5) is 4.20. The number of benzene rings is 1. The van der Waals surface area contributed by atoms with Crippen molar-refractivity contribution in [1.82, 2.24) is 9.55 Å². The molecule has 0 N–H and O–H groups in total. The summed E-state index contributed by atoms with van der Waals surface area (Å²) in [6.07, 6.45) is 9.45. The number of halogens is 1. The quantitative estimate of drug-likeness (QED) is 0.743. The van der Waals surface area contributed by atoms with Crippen molar-refractivity contribution in [2.75, 3.05) is 5.75 Å². The Balaban J connectivity index is 1.71. The summed E-state index contributed by atoms with van der Waals surface area (Å²) in [6.45, 7) is 3.38. The van der Waals surface area contributed by atoms with Gasteiger partial charge in [0.1, 0.15) is 0 Å². The third-order valence-corrected chi connectivity index (χ3v) is 7.59. The van der Waals surface area contributed by atoms with E-state index in [1.807, 2.05) is 24.7 Å². The van der Waals surface area contributed by atoms with Crippen LogP contribution in [0.3, 0.4) is 0 Å². The average molecular weight is 353 g/mol. The van der Waals surface area contributed by atoms with Crippen LogP contribution in [-0.2, 0) is 13.0 Å². The maximum absolute atomic E-state index is 5.98. The molecule has 1 aliphatic heterocycles. The summed E-state index contributed by atoms with van der Waals surface area (Å²) in [5.74, 6) is 1.25. The predicted molar refractivity (Wildman–Crippen MR) is 98.9 cm³/mol. The minimum atomic E-state index is 0.248. The molecule has 1 aromatic heterocycles. The first kappa shape index (κ1) is 16.3. The van der Waals surface area contributed by atoms with Crippen LogP contribution in [-0.4, -0.2) is 24.6 Å². The molecular formula is C17H21ClN2S2. The minimum absolute atomic E-state index is 0.248. The number of aromatic nitrogens is 2. The van der Waals surface area contributed by atoms with Crippen molar-refractivity contribution in [3.8, 4) is 0 Å². The molecule has 2 atom stereocenters. The number of hydrogen-bond donors (Lipinski definition) is 0. The van der Waals surface area contributed by atoms with Crippen molar-refractivity contribution in [3.05, 3.63) is 53.6 Å². The second-order valence-corrected chi connectivity index (χ2v) is 9.83. The summed E-state index contributed by atoms with van der Waals surface area (Å²) in [5, 5.41) is 1.54. The largest absolute Gasteiger partial charge is 0.335 e. The lowest BCUT2D eigenvalue weighted by Gasteiger charge is -2.39. The number of rotatable bonds is 5. The van der Waals surface area contributed by atoms with Crippen LogP contribution >= 0.6 is 35.1 Å². The number of aryl methyl sites for hydroxylation is 1. The summed E-state index contributed by atoms with van der Waals surface area (Å²) in [7, 11) is 0. The molecule has 5 heteroatoms. The highest BCUT2D eigenvalue weighted by Crippen LogP contribution is 2.49. The smallest absolute Gasteiger partial charge is 0.0946 e. The van der Waals surface area contributed by atoms with Gasteiger partial charge in [-0.2, -0.15) is 0 Å². The molecule has 1 aromatic carbocycles. The first-order valence-corrected chi connectivity index (χ1v) is 9.91. The predicted octanol–water partition coefficient (Wildman–Crippen LogP) is 5.12. The zero-order valence-electron chi connectivity index (χ0n) is 12.7. The molecule has 0 bridgehead atoms. The highest BCUT2D eigenvalue weighted by Gasteiger charge is 2.36. The number of hydrogen-bond acceptors (Lipinski definition) is 3. The Labute approximate surface area is 146 Å². The zero-order chi connectivity index (χ0) is 15.4. The Bertz CT molecular complexity index is 585. The topological polar surface area (TPSA) is 17.8 Å². The summed E-state index contributed by atoms with van der Waals surface area (Å²) in [6, 6.07) is 8.27. The monoisotopic (exact) mass is 352 g/mol. The third-order valence-electron chi connectivity index (χ3n) is 4.00. The van der Waals surface area contributed by atoms with E-state index in [0.29, 0.717) is 0 Å². The van der Waals surface area contributed by atoms with E-state index in [1.54, 1.807) is 0 Å². The van der Waals surface area contributed by atoms with Crippen molar-refractivity contribution in [3.63, 3.8) is 0 Å². The fraction of sp³-hybridized carbons (Fsp3) is 0.471. The SMILES string of the molecule is CC1CCSC(CCc2ccc(Cl)cc2)(Cn2ccnc2)S1. The van der Waals surface area contributed by atoms with E-state index in [1.165, 1.54) is 24.2 Å². The van der Waals surface area contributed by atoms with Crippen molar-refractivity contribution < 1.29 is 0 Å². The standard InChI is InChI=1S/C17H21ClN2S2/c1-14-7-11-21-17(22-14,12-20-10-9-19-13-20)8-6-15-2-4-16(18)5-3-15/h2-5,9-10,13-14H,6-8,11-12H2,1H3. The second kappa shape index (κ2) is 7.33. The molecule has 0 amide bonds. The molecule has 0 radical (unpaired) electrons. The second-order valence-electron chi connectivity index (χ2n) is 5.84. The van der Waals surface area contributed by atoms with E-state index in [4.69, 9.17) is 11.6 Å². The van der Waals surface area contributed by atoms with Gasteiger partial charge in [0.05, 0.1) is 10.4 Å². The van der Waals surface area contributed by atoms with Crippen LogP contribution in [0.15, 0.2) is 43.0 Å². The molecule has 22 heavy (non-hydrogen) atoms. The molecule has 1 aliphatic rings. The third kappa shape index (κ3) is 4.24. The number of imidazole rings is 1. The summed E-state index contributed by atoms with van der Waals surface area (Å²) >= 11 is 10.2. The van der Waals surface area contributed by atoms with Crippen LogP contribution in [0.5, 0.6) is 0 Å². The summed E-state index contributed by atoms with van der Waals surface area (Å²) < 4.78 is 2.47. The molecule has 0 aliphatic carbocycles. The van der Waals surface area contributed by atoms with Gasteiger partial charge in [-0.25, -0.2) is 4.98 Å². The van der Waals surface area contributed by atoms with E-state index < -0.39 is 0 Å². The van der Waals surface area contributed by atoms with E-state index in [0.717, 1.165) is 23.2 Å². The van der Waals surface area contributed by atoms with Gasteiger partial charge in [-0.15, -0.1) is 23.5 Å². The molecule has 0 saturated carbocycles. The Kier molecular flexibility index (Phi) is 5.42. The molecule has 2 unspecified atom stereocenters. The molecule has 1 saturated heterocycles. The Morgan fingerprint density at radius 3 is 2.86 bits per heavy atom. The van der Waals surface area contributed by atoms with Gasteiger partial charge in [0, 0.05) is 29.2 Å². The fourth-order valence-electron chi connectivity index (χ4n) is 2.81. The van der Waals surface area contributed by atoms with Gasteiger partial charge in [0.15, 0.2) is 0 Å². The van der Waals surface area contributed by atoms with Gasteiger partial charge in [0.2, 0.25) is 0 Å².